The molecular weight excluding hydrogens is 272 g/mol. The lowest BCUT2D eigenvalue weighted by Gasteiger charge is -2.39. The van der Waals surface area contributed by atoms with Crippen molar-refractivity contribution in [3.63, 3.8) is 0 Å². The molecule has 4 nitrogen and oxygen atoms in total. The number of hydrogen-bond acceptors (Lipinski definition) is 3. The van der Waals surface area contributed by atoms with E-state index in [2.05, 4.69) is 21.0 Å². The van der Waals surface area contributed by atoms with Crippen molar-refractivity contribution >= 4 is 15.9 Å². The molecule has 1 fully saturated rings. The van der Waals surface area contributed by atoms with Crippen LogP contribution in [0, 0.1) is 0 Å². The zero-order chi connectivity index (χ0) is 11.8. The number of halogens is 1. The van der Waals surface area contributed by atoms with Gasteiger partial charge in [0, 0.05) is 14.2 Å². The average Bonchev–Trinajstić information content (AvgIpc) is 2.59. The molecule has 0 amide bonds. The van der Waals surface area contributed by atoms with Gasteiger partial charge < -0.3 is 9.84 Å². The molecule has 2 unspecified atom stereocenters. The molecule has 0 radical (unpaired) electrons. The summed E-state index contributed by atoms with van der Waals surface area (Å²) in [4.78, 5) is 0. The summed E-state index contributed by atoms with van der Waals surface area (Å²) < 4.78 is 8.00. The van der Waals surface area contributed by atoms with Crippen LogP contribution in [0.2, 0.25) is 0 Å². The van der Waals surface area contributed by atoms with Gasteiger partial charge in [-0.3, -0.25) is 4.68 Å². The highest BCUT2D eigenvalue weighted by Gasteiger charge is 2.44. The van der Waals surface area contributed by atoms with Crippen LogP contribution in [0.3, 0.4) is 0 Å². The fourth-order valence-electron chi connectivity index (χ4n) is 2.61. The van der Waals surface area contributed by atoms with Gasteiger partial charge in [-0.2, -0.15) is 5.10 Å². The van der Waals surface area contributed by atoms with E-state index in [1.54, 1.807) is 18.0 Å². The summed E-state index contributed by atoms with van der Waals surface area (Å²) in [6.07, 6.45) is 5.32. The summed E-state index contributed by atoms with van der Waals surface area (Å²) in [5.41, 5.74) is -0.101. The maximum absolute atomic E-state index is 10.8. The van der Waals surface area contributed by atoms with E-state index in [4.69, 9.17) is 4.74 Å². The minimum absolute atomic E-state index is 0.145. The number of aromatic nitrogens is 2. The van der Waals surface area contributed by atoms with Crippen LogP contribution in [-0.2, 0) is 17.4 Å². The Morgan fingerprint density at radius 3 is 2.94 bits per heavy atom. The zero-order valence-corrected chi connectivity index (χ0v) is 11.2. The minimum atomic E-state index is -0.920. The van der Waals surface area contributed by atoms with Gasteiger partial charge >= 0.3 is 0 Å². The van der Waals surface area contributed by atoms with Crippen molar-refractivity contribution < 1.29 is 9.84 Å². The lowest BCUT2D eigenvalue weighted by Crippen LogP contribution is -2.44. The summed E-state index contributed by atoms with van der Waals surface area (Å²) in [5.74, 6) is 0. The van der Waals surface area contributed by atoms with Gasteiger partial charge in [0.05, 0.1) is 22.5 Å². The largest absolute Gasteiger partial charge is 0.381 e. The van der Waals surface area contributed by atoms with Crippen molar-refractivity contribution in [2.45, 2.75) is 37.4 Å². The molecule has 1 aromatic heterocycles. The van der Waals surface area contributed by atoms with Crippen LogP contribution in [0.5, 0.6) is 0 Å². The summed E-state index contributed by atoms with van der Waals surface area (Å²) in [6.45, 7) is 0. The predicted molar refractivity (Wildman–Crippen MR) is 64.1 cm³/mol. The maximum atomic E-state index is 10.8. The Morgan fingerprint density at radius 2 is 2.38 bits per heavy atom. The average molecular weight is 289 g/mol. The number of rotatable bonds is 2. The van der Waals surface area contributed by atoms with Gasteiger partial charge in [0.15, 0.2) is 0 Å². The molecule has 1 aromatic rings. The van der Waals surface area contributed by atoms with Crippen molar-refractivity contribution in [2.75, 3.05) is 7.11 Å². The molecule has 2 atom stereocenters. The first-order valence-electron chi connectivity index (χ1n) is 5.52. The Bertz CT molecular complexity index is 361. The summed E-state index contributed by atoms with van der Waals surface area (Å²) in [7, 11) is 3.50. The van der Waals surface area contributed by atoms with Gasteiger partial charge in [-0.1, -0.05) is 6.42 Å². The third-order valence-electron chi connectivity index (χ3n) is 3.40. The number of hydrogen-bond donors (Lipinski definition) is 1. The molecular formula is C11H17BrN2O2. The molecule has 0 aliphatic heterocycles. The fraction of sp³-hybridized carbons (Fsp3) is 0.727. The maximum Gasteiger partial charge on any atom is 0.133 e. The molecule has 0 aromatic carbocycles. The van der Waals surface area contributed by atoms with E-state index in [1.165, 1.54) is 0 Å². The van der Waals surface area contributed by atoms with Gasteiger partial charge in [-0.05, 0) is 35.2 Å². The number of nitrogens with zero attached hydrogens (tertiary/aromatic N) is 2. The normalized spacial score (nSPS) is 30.6. The lowest BCUT2D eigenvalue weighted by atomic mass is 9.79. The first kappa shape index (κ1) is 12.1. The summed E-state index contributed by atoms with van der Waals surface area (Å²) in [6, 6.07) is 0. The van der Waals surface area contributed by atoms with Crippen LogP contribution in [0.25, 0.3) is 0 Å². The van der Waals surface area contributed by atoms with Crippen molar-refractivity contribution in [2.24, 2.45) is 7.05 Å². The van der Waals surface area contributed by atoms with Crippen LogP contribution in [-0.4, -0.2) is 28.1 Å². The van der Waals surface area contributed by atoms with Crippen LogP contribution < -0.4 is 0 Å². The second-order valence-corrected chi connectivity index (χ2v) is 5.21. The highest BCUT2D eigenvalue weighted by Crippen LogP contribution is 2.41. The zero-order valence-electron chi connectivity index (χ0n) is 9.61. The monoisotopic (exact) mass is 288 g/mol. The molecule has 0 bridgehead atoms. The molecule has 2 rings (SSSR count). The number of ether oxygens (including phenoxy) is 1. The Hall–Kier alpha value is -0.390. The molecule has 1 aliphatic carbocycles. The van der Waals surface area contributed by atoms with Gasteiger partial charge in [0.25, 0.3) is 0 Å². The van der Waals surface area contributed by atoms with Crippen LogP contribution in [0.1, 0.15) is 31.4 Å². The molecule has 1 N–H and O–H groups in total. The quantitative estimate of drug-likeness (QED) is 0.905. The SMILES string of the molecule is COC1CCCCC1(O)c1c(Br)cnn1C. The molecule has 1 aliphatic rings. The first-order chi connectivity index (χ1) is 7.59. The first-order valence-corrected chi connectivity index (χ1v) is 6.32. The van der Waals surface area contributed by atoms with E-state index in [0.717, 1.165) is 35.8 Å². The van der Waals surface area contributed by atoms with E-state index in [9.17, 15) is 5.11 Å². The topological polar surface area (TPSA) is 47.3 Å². The molecule has 90 valence electrons. The Labute approximate surface area is 104 Å². The van der Waals surface area contributed by atoms with Crippen molar-refractivity contribution in [3.05, 3.63) is 16.4 Å². The number of aryl methyl sites for hydroxylation is 1. The third kappa shape index (κ3) is 1.81. The summed E-state index contributed by atoms with van der Waals surface area (Å²) in [5, 5.41) is 15.0. The van der Waals surface area contributed by atoms with E-state index in [-0.39, 0.29) is 6.10 Å². The molecule has 0 spiro atoms. The highest BCUT2D eigenvalue weighted by molar-refractivity contribution is 9.10. The van der Waals surface area contributed by atoms with Crippen molar-refractivity contribution in [1.29, 1.82) is 0 Å². The Kier molecular flexibility index (Phi) is 3.37. The van der Waals surface area contributed by atoms with Gasteiger partial charge in [-0.15, -0.1) is 0 Å². The molecule has 1 saturated carbocycles. The van der Waals surface area contributed by atoms with Gasteiger partial charge in [0.1, 0.15) is 5.60 Å². The second kappa shape index (κ2) is 4.47. The molecule has 16 heavy (non-hydrogen) atoms. The van der Waals surface area contributed by atoms with Crippen LogP contribution in [0.4, 0.5) is 0 Å². The molecule has 0 saturated heterocycles. The van der Waals surface area contributed by atoms with Crippen molar-refractivity contribution in [1.82, 2.24) is 9.78 Å². The highest BCUT2D eigenvalue weighted by atomic mass is 79.9. The van der Waals surface area contributed by atoms with Crippen LogP contribution >= 0.6 is 15.9 Å². The Morgan fingerprint density at radius 1 is 1.62 bits per heavy atom. The van der Waals surface area contributed by atoms with Gasteiger partial charge in [-0.25, -0.2) is 0 Å². The standard InChI is InChI=1S/C11H17BrN2O2/c1-14-10(8(12)7-13-14)11(15)6-4-3-5-9(11)16-2/h7,9,15H,3-6H2,1-2H3. The van der Waals surface area contributed by atoms with E-state index < -0.39 is 5.60 Å². The number of aliphatic hydroxyl groups is 1. The smallest absolute Gasteiger partial charge is 0.133 e. The second-order valence-electron chi connectivity index (χ2n) is 4.36. The molecule has 1 heterocycles. The number of methoxy groups -OCH3 is 1. The fourth-order valence-corrected chi connectivity index (χ4v) is 3.30. The van der Waals surface area contributed by atoms with E-state index in [1.807, 2.05) is 7.05 Å². The molecule has 5 heteroatoms. The minimum Gasteiger partial charge on any atom is -0.381 e. The van der Waals surface area contributed by atoms with E-state index >= 15 is 0 Å². The Balaban J connectivity index is 2.42. The van der Waals surface area contributed by atoms with Crippen LogP contribution in [0.15, 0.2) is 10.7 Å². The summed E-state index contributed by atoms with van der Waals surface area (Å²) >= 11 is 3.45. The third-order valence-corrected chi connectivity index (χ3v) is 3.98. The predicted octanol–water partition coefficient (Wildman–Crippen LogP) is 1.96. The van der Waals surface area contributed by atoms with Gasteiger partial charge in [0.2, 0.25) is 0 Å². The lowest BCUT2D eigenvalue weighted by molar-refractivity contribution is -0.127. The van der Waals surface area contributed by atoms with E-state index in [0.29, 0.717) is 0 Å². The van der Waals surface area contributed by atoms with Crippen molar-refractivity contribution in [3.8, 4) is 0 Å².